The molecule has 4 heteroatoms. The zero-order chi connectivity index (χ0) is 11.8. The first-order chi connectivity index (χ1) is 8.31. The average Bonchev–Trinajstić information content (AvgIpc) is 3.04. The van der Waals surface area contributed by atoms with Gasteiger partial charge in [-0.05, 0) is 31.9 Å². The molecule has 0 aromatic carbocycles. The maximum atomic E-state index is 12.3. The van der Waals surface area contributed by atoms with Gasteiger partial charge >= 0.3 is 0 Å². The van der Waals surface area contributed by atoms with E-state index in [4.69, 9.17) is 4.74 Å². The van der Waals surface area contributed by atoms with Crippen molar-refractivity contribution in [1.29, 1.82) is 0 Å². The normalized spacial score (nSPS) is 31.1. The number of aromatic amines is 1. The number of ether oxygens (including phenoxy) is 1. The highest BCUT2D eigenvalue weighted by molar-refractivity contribution is 5.93. The van der Waals surface area contributed by atoms with Gasteiger partial charge in [-0.3, -0.25) is 4.79 Å². The summed E-state index contributed by atoms with van der Waals surface area (Å²) in [6, 6.07) is 3.99. The molecule has 1 N–H and O–H groups in total. The Morgan fingerprint density at radius 3 is 3.18 bits per heavy atom. The van der Waals surface area contributed by atoms with Gasteiger partial charge in [0.05, 0.1) is 12.1 Å². The van der Waals surface area contributed by atoms with Gasteiger partial charge in [0.2, 0.25) is 0 Å². The molecule has 1 aliphatic carbocycles. The third kappa shape index (κ3) is 1.67. The molecular weight excluding hydrogens is 216 g/mol. The number of nitrogens with one attached hydrogen (secondary N) is 1. The van der Waals surface area contributed by atoms with E-state index in [1.165, 1.54) is 6.42 Å². The smallest absolute Gasteiger partial charge is 0.270 e. The second-order valence-corrected chi connectivity index (χ2v) is 4.87. The number of hydrogen-bond acceptors (Lipinski definition) is 2. The van der Waals surface area contributed by atoms with Gasteiger partial charge < -0.3 is 14.6 Å². The lowest BCUT2D eigenvalue weighted by molar-refractivity contribution is 0.0331. The lowest BCUT2D eigenvalue weighted by atomic mass is 10.1. The predicted molar refractivity (Wildman–Crippen MR) is 63.8 cm³/mol. The molecule has 3 rings (SSSR count). The Balaban J connectivity index is 1.76. The minimum Gasteiger partial charge on any atom is -0.376 e. The van der Waals surface area contributed by atoms with Gasteiger partial charge in [-0.2, -0.15) is 0 Å². The number of aromatic nitrogens is 1. The van der Waals surface area contributed by atoms with Crippen LogP contribution >= 0.6 is 0 Å². The fourth-order valence-electron chi connectivity index (χ4n) is 3.24. The summed E-state index contributed by atoms with van der Waals surface area (Å²) in [5.41, 5.74) is 0.688. The zero-order valence-electron chi connectivity index (χ0n) is 10.1. The number of fused-ring (bicyclic) bond motifs is 2. The quantitative estimate of drug-likeness (QED) is 0.864. The van der Waals surface area contributed by atoms with Crippen molar-refractivity contribution in [2.45, 2.75) is 31.9 Å². The predicted octanol–water partition coefficient (Wildman–Crippen LogP) is 1.65. The Morgan fingerprint density at radius 2 is 2.47 bits per heavy atom. The van der Waals surface area contributed by atoms with E-state index in [1.54, 1.807) is 6.20 Å². The summed E-state index contributed by atoms with van der Waals surface area (Å²) in [5.74, 6) is 0.658. The molecule has 4 nitrogen and oxygen atoms in total. The highest BCUT2D eigenvalue weighted by Gasteiger charge is 2.49. The summed E-state index contributed by atoms with van der Waals surface area (Å²) in [5, 5.41) is 0. The lowest BCUT2D eigenvalue weighted by Crippen LogP contribution is -2.40. The Bertz CT molecular complexity index is 402. The number of carbonyl (C=O) groups is 1. The van der Waals surface area contributed by atoms with Gasteiger partial charge in [0, 0.05) is 25.3 Å². The Labute approximate surface area is 101 Å². The van der Waals surface area contributed by atoms with Crippen LogP contribution in [0.25, 0.3) is 0 Å². The van der Waals surface area contributed by atoms with Crippen molar-refractivity contribution in [2.24, 2.45) is 5.92 Å². The SMILES string of the molecule is CCO[C@@H]1[C@H]2CC[C@H]1N(C(=O)c1ccc[nH]1)C2. The van der Waals surface area contributed by atoms with E-state index >= 15 is 0 Å². The van der Waals surface area contributed by atoms with E-state index in [1.807, 2.05) is 24.0 Å². The number of likely N-dealkylation sites (tertiary alicyclic amines) is 1. The molecule has 1 saturated heterocycles. The monoisotopic (exact) mass is 234 g/mol. The molecule has 2 heterocycles. The molecular formula is C13H18N2O2. The molecule has 1 aliphatic heterocycles. The summed E-state index contributed by atoms with van der Waals surface area (Å²) in [6.07, 6.45) is 4.34. The maximum Gasteiger partial charge on any atom is 0.270 e. The summed E-state index contributed by atoms with van der Waals surface area (Å²) in [7, 11) is 0. The highest BCUT2D eigenvalue weighted by atomic mass is 16.5. The molecule has 2 aliphatic rings. The van der Waals surface area contributed by atoms with Crippen LogP contribution in [0, 0.1) is 5.92 Å². The van der Waals surface area contributed by atoms with Crippen molar-refractivity contribution in [3.63, 3.8) is 0 Å². The molecule has 0 radical (unpaired) electrons. The Hall–Kier alpha value is -1.29. The number of H-pyrrole nitrogens is 1. The van der Waals surface area contributed by atoms with Crippen molar-refractivity contribution in [3.8, 4) is 0 Å². The van der Waals surface area contributed by atoms with Gasteiger partial charge in [-0.15, -0.1) is 0 Å². The van der Waals surface area contributed by atoms with Crippen LogP contribution in [0.3, 0.4) is 0 Å². The van der Waals surface area contributed by atoms with E-state index in [9.17, 15) is 4.79 Å². The summed E-state index contributed by atoms with van der Waals surface area (Å²) >= 11 is 0. The van der Waals surface area contributed by atoms with Crippen LogP contribution in [-0.4, -0.2) is 41.1 Å². The van der Waals surface area contributed by atoms with Crippen LogP contribution in [-0.2, 0) is 4.74 Å². The lowest BCUT2D eigenvalue weighted by Gasteiger charge is -2.26. The molecule has 1 amide bonds. The van der Waals surface area contributed by atoms with Crippen LogP contribution < -0.4 is 0 Å². The van der Waals surface area contributed by atoms with Crippen molar-refractivity contribution in [2.75, 3.05) is 13.2 Å². The number of piperidine rings is 1. The number of carbonyl (C=O) groups excluding carboxylic acids is 1. The van der Waals surface area contributed by atoms with Gasteiger partial charge in [-0.1, -0.05) is 0 Å². The van der Waals surface area contributed by atoms with Crippen molar-refractivity contribution >= 4 is 5.91 Å². The van der Waals surface area contributed by atoms with Gasteiger partial charge in [-0.25, -0.2) is 0 Å². The standard InChI is InChI=1S/C13H18N2O2/c1-2-17-12-9-5-6-11(12)15(8-9)13(16)10-4-3-7-14-10/h3-4,7,9,11-12,14H,2,5-6,8H2,1H3/t9-,11+,12+/m0/s1. The third-order valence-corrected chi connectivity index (χ3v) is 3.96. The molecule has 3 atom stereocenters. The topological polar surface area (TPSA) is 45.3 Å². The highest BCUT2D eigenvalue weighted by Crippen LogP contribution is 2.40. The fraction of sp³-hybridized carbons (Fsp3) is 0.615. The number of rotatable bonds is 3. The minimum absolute atomic E-state index is 0.118. The van der Waals surface area contributed by atoms with Crippen LogP contribution in [0.15, 0.2) is 18.3 Å². The number of nitrogens with zero attached hydrogens (tertiary/aromatic N) is 1. The van der Waals surface area contributed by atoms with Gasteiger partial charge in [0.15, 0.2) is 0 Å². The van der Waals surface area contributed by atoms with Crippen LogP contribution in [0.4, 0.5) is 0 Å². The summed E-state index contributed by atoms with van der Waals surface area (Å²) in [4.78, 5) is 17.3. The van der Waals surface area contributed by atoms with E-state index in [-0.39, 0.29) is 18.1 Å². The number of amides is 1. The van der Waals surface area contributed by atoms with Crippen molar-refractivity contribution < 1.29 is 9.53 Å². The molecule has 0 unspecified atom stereocenters. The molecule has 1 aromatic rings. The van der Waals surface area contributed by atoms with E-state index in [0.717, 1.165) is 19.6 Å². The molecule has 92 valence electrons. The third-order valence-electron chi connectivity index (χ3n) is 3.96. The second-order valence-electron chi connectivity index (χ2n) is 4.87. The van der Waals surface area contributed by atoms with Crippen LogP contribution in [0.2, 0.25) is 0 Å². The van der Waals surface area contributed by atoms with Crippen molar-refractivity contribution in [3.05, 3.63) is 24.0 Å². The Morgan fingerprint density at radius 1 is 1.59 bits per heavy atom. The van der Waals surface area contributed by atoms with Crippen molar-refractivity contribution in [1.82, 2.24) is 9.88 Å². The van der Waals surface area contributed by atoms with Crippen LogP contribution in [0.5, 0.6) is 0 Å². The summed E-state index contributed by atoms with van der Waals surface area (Å²) < 4.78 is 5.78. The first kappa shape index (κ1) is 10.8. The fourth-order valence-corrected chi connectivity index (χ4v) is 3.24. The van der Waals surface area contributed by atoms with Gasteiger partial charge in [0.25, 0.3) is 5.91 Å². The minimum atomic E-state index is 0.118. The largest absolute Gasteiger partial charge is 0.376 e. The first-order valence-corrected chi connectivity index (χ1v) is 6.37. The average molecular weight is 234 g/mol. The summed E-state index contributed by atoms with van der Waals surface area (Å²) in [6.45, 7) is 3.62. The van der Waals surface area contributed by atoms with E-state index < -0.39 is 0 Å². The zero-order valence-corrected chi connectivity index (χ0v) is 10.1. The number of hydrogen-bond donors (Lipinski definition) is 1. The molecule has 2 fully saturated rings. The first-order valence-electron chi connectivity index (χ1n) is 6.37. The molecule has 1 saturated carbocycles. The molecule has 2 bridgehead atoms. The molecule has 0 spiro atoms. The van der Waals surface area contributed by atoms with Gasteiger partial charge in [0.1, 0.15) is 5.69 Å². The van der Waals surface area contributed by atoms with Crippen LogP contribution in [0.1, 0.15) is 30.3 Å². The second kappa shape index (κ2) is 4.18. The van der Waals surface area contributed by atoms with E-state index in [0.29, 0.717) is 11.6 Å². The van der Waals surface area contributed by atoms with E-state index in [2.05, 4.69) is 4.98 Å². The molecule has 1 aromatic heterocycles. The maximum absolute atomic E-state index is 12.3. The molecule has 17 heavy (non-hydrogen) atoms. The Kier molecular flexibility index (Phi) is 2.67.